The molecule has 5 aromatic carbocycles. The molecule has 0 aliphatic carbocycles. The van der Waals surface area contributed by atoms with Crippen LogP contribution in [0.3, 0.4) is 0 Å². The highest BCUT2D eigenvalue weighted by molar-refractivity contribution is 6.13. The number of aryl methyl sites for hydroxylation is 4. The highest BCUT2D eigenvalue weighted by Crippen LogP contribution is 2.42. The van der Waals surface area contributed by atoms with E-state index in [4.69, 9.17) is 0 Å². The Labute approximate surface area is 321 Å². The van der Waals surface area contributed by atoms with E-state index in [1.807, 2.05) is 45.9 Å². The molecule has 0 radical (unpaired) electrons. The Bertz CT molecular complexity index is 3220. The summed E-state index contributed by atoms with van der Waals surface area (Å²) < 4.78 is 4.58. The minimum absolute atomic E-state index is 0.553. The Morgan fingerprint density at radius 1 is 0.446 bits per heavy atom. The van der Waals surface area contributed by atoms with E-state index in [1.165, 1.54) is 0 Å². The van der Waals surface area contributed by atoms with Gasteiger partial charge >= 0.3 is 0 Å². The molecule has 10 rings (SSSR count). The lowest BCUT2D eigenvalue weighted by Crippen LogP contribution is -2.05. The smallest absolute Gasteiger partial charge is 0.163 e. The summed E-state index contributed by atoms with van der Waals surface area (Å²) in [5.41, 5.74) is 9.89. The van der Waals surface area contributed by atoms with Gasteiger partial charge in [-0.2, -0.15) is 5.26 Å². The van der Waals surface area contributed by atoms with Crippen molar-refractivity contribution in [2.45, 2.75) is 27.7 Å². The average Bonchev–Trinajstić information content (AvgIpc) is 3.72. The molecule has 10 nitrogen and oxygen atoms in total. The lowest BCUT2D eigenvalue weighted by Gasteiger charge is -2.19. The van der Waals surface area contributed by atoms with Gasteiger partial charge in [0.15, 0.2) is 11.6 Å². The molecular weight excluding hydrogens is 693 g/mol. The van der Waals surface area contributed by atoms with Gasteiger partial charge in [0.1, 0.15) is 23.3 Å². The number of nitriles is 1. The van der Waals surface area contributed by atoms with Gasteiger partial charge in [-0.3, -0.25) is 4.98 Å². The predicted molar refractivity (Wildman–Crippen MR) is 220 cm³/mol. The second-order valence-electron chi connectivity index (χ2n) is 13.9. The quantitative estimate of drug-likeness (QED) is 0.172. The lowest BCUT2D eigenvalue weighted by atomic mass is 9.99. The van der Waals surface area contributed by atoms with Crippen molar-refractivity contribution in [3.8, 4) is 51.3 Å². The zero-order chi connectivity index (χ0) is 38.1. The highest BCUT2D eigenvalue weighted by Gasteiger charge is 2.23. The highest BCUT2D eigenvalue weighted by atomic mass is 15.1. The minimum atomic E-state index is 0.553. The summed E-state index contributed by atoms with van der Waals surface area (Å²) in [6.45, 7) is 7.55. The van der Waals surface area contributed by atoms with Gasteiger partial charge in [0, 0.05) is 50.6 Å². The molecule has 0 unspecified atom stereocenters. The number of nitrogens with zero attached hydrogens (tertiary/aromatic N) is 10. The number of hydrogen-bond donors (Lipinski definition) is 0. The van der Waals surface area contributed by atoms with Crippen LogP contribution in [0.5, 0.6) is 0 Å². The molecule has 10 aromatic rings. The number of aromatic nitrogens is 9. The Hall–Kier alpha value is -7.64. The number of fused-ring (bicyclic) bond motifs is 6. The Kier molecular flexibility index (Phi) is 7.50. The Balaban J connectivity index is 1.30. The summed E-state index contributed by atoms with van der Waals surface area (Å²) in [6, 6.07) is 40.2. The summed E-state index contributed by atoms with van der Waals surface area (Å²) >= 11 is 0. The van der Waals surface area contributed by atoms with Crippen LogP contribution in [0.25, 0.3) is 88.9 Å². The summed E-state index contributed by atoms with van der Waals surface area (Å²) in [7, 11) is 0. The van der Waals surface area contributed by atoms with Crippen molar-refractivity contribution in [1.82, 2.24) is 44.0 Å². The monoisotopic (exact) mass is 724 g/mol. The fourth-order valence-corrected chi connectivity index (χ4v) is 8.03. The van der Waals surface area contributed by atoms with Gasteiger partial charge in [-0.05, 0) is 106 Å². The fourth-order valence-electron chi connectivity index (χ4n) is 8.03. The van der Waals surface area contributed by atoms with Crippen LogP contribution in [0, 0.1) is 39.0 Å². The molecule has 56 heavy (non-hydrogen) atoms. The van der Waals surface area contributed by atoms with Crippen LogP contribution in [0.1, 0.15) is 28.9 Å². The van der Waals surface area contributed by atoms with Gasteiger partial charge in [0.25, 0.3) is 0 Å². The molecule has 0 saturated carbocycles. The summed E-state index contributed by atoms with van der Waals surface area (Å²) in [5.74, 6) is 3.98. The van der Waals surface area contributed by atoms with Gasteiger partial charge in [0.05, 0.1) is 45.1 Å². The summed E-state index contributed by atoms with van der Waals surface area (Å²) in [5, 5.41) is 15.0. The molecule has 266 valence electrons. The molecule has 0 fully saturated rings. The lowest BCUT2D eigenvalue weighted by molar-refractivity contribution is 0.928. The third-order valence-corrected chi connectivity index (χ3v) is 10.3. The SMILES string of the molecule is Cc1nc(C)nc(-c2ccc3c(c2)c2ccccc2n3-c2cc(C#N)c(-c3ccncc3)cc2-n2c3ccccc3c3cc(-c4nc(C)nc(C)n4)ccc32)n1. The van der Waals surface area contributed by atoms with E-state index < -0.39 is 0 Å². The standard InChI is InChI=1S/C46H32N10/c1-26-49-27(2)52-45(51-26)31-13-15-41-37(21-31)34-9-5-7-11-39(34)55(41)43-23-33(25-47)36(30-17-19-48-20-18-30)24-44(43)56-40-12-8-6-10-35(40)38-22-32(14-16-42(38)56)46-53-28(3)50-29(4)54-46/h5-24H,1-4H3. The number of para-hydroxylation sites is 2. The van der Waals surface area contributed by atoms with Crippen LogP contribution in [-0.2, 0) is 0 Å². The molecule has 0 N–H and O–H groups in total. The van der Waals surface area contributed by atoms with Crippen molar-refractivity contribution in [1.29, 1.82) is 5.26 Å². The van der Waals surface area contributed by atoms with Crippen LogP contribution in [0.15, 0.2) is 122 Å². The maximum atomic E-state index is 10.8. The average molecular weight is 725 g/mol. The van der Waals surface area contributed by atoms with Crippen molar-refractivity contribution in [2.24, 2.45) is 0 Å². The van der Waals surface area contributed by atoms with Gasteiger partial charge < -0.3 is 9.13 Å². The molecule has 0 saturated heterocycles. The molecular formula is C46H32N10. The molecule has 0 bridgehead atoms. The molecule has 0 spiro atoms. The molecule has 0 aliphatic rings. The Morgan fingerprint density at radius 3 is 1.38 bits per heavy atom. The number of pyridine rings is 1. The minimum Gasteiger partial charge on any atom is -0.307 e. The van der Waals surface area contributed by atoms with Crippen molar-refractivity contribution in [2.75, 3.05) is 0 Å². The topological polar surface area (TPSA) is 124 Å². The first-order valence-electron chi connectivity index (χ1n) is 18.3. The van der Waals surface area contributed by atoms with Gasteiger partial charge in [-0.25, -0.2) is 29.9 Å². The molecule has 5 heterocycles. The molecule has 10 heteroatoms. The predicted octanol–water partition coefficient (Wildman–Crippen LogP) is 9.75. The van der Waals surface area contributed by atoms with Crippen LogP contribution >= 0.6 is 0 Å². The van der Waals surface area contributed by atoms with Crippen LogP contribution in [0.2, 0.25) is 0 Å². The van der Waals surface area contributed by atoms with Gasteiger partial charge in [-0.1, -0.05) is 36.4 Å². The third kappa shape index (κ3) is 5.28. The first-order valence-corrected chi connectivity index (χ1v) is 18.3. The van der Waals surface area contributed by atoms with Crippen molar-refractivity contribution < 1.29 is 0 Å². The molecule has 0 aliphatic heterocycles. The van der Waals surface area contributed by atoms with Crippen molar-refractivity contribution in [3.63, 3.8) is 0 Å². The van der Waals surface area contributed by atoms with E-state index in [1.54, 1.807) is 12.4 Å². The Morgan fingerprint density at radius 2 is 0.893 bits per heavy atom. The van der Waals surface area contributed by atoms with E-state index in [-0.39, 0.29) is 0 Å². The summed E-state index contributed by atoms with van der Waals surface area (Å²) in [4.78, 5) is 31.8. The third-order valence-electron chi connectivity index (χ3n) is 10.3. The van der Waals surface area contributed by atoms with E-state index >= 15 is 0 Å². The van der Waals surface area contributed by atoms with E-state index in [0.29, 0.717) is 40.5 Å². The molecule has 5 aromatic heterocycles. The van der Waals surface area contributed by atoms with Crippen molar-refractivity contribution >= 4 is 43.6 Å². The molecule has 0 amide bonds. The van der Waals surface area contributed by atoms with Gasteiger partial charge in [-0.15, -0.1) is 0 Å². The van der Waals surface area contributed by atoms with Crippen LogP contribution in [-0.4, -0.2) is 44.0 Å². The fraction of sp³-hybridized carbons (Fsp3) is 0.0870. The van der Waals surface area contributed by atoms with Crippen LogP contribution < -0.4 is 0 Å². The second kappa shape index (κ2) is 12.7. The number of benzene rings is 5. The molecule has 0 atom stereocenters. The van der Waals surface area contributed by atoms with E-state index in [9.17, 15) is 5.26 Å². The first-order chi connectivity index (χ1) is 27.3. The normalized spacial score (nSPS) is 11.6. The van der Waals surface area contributed by atoms with E-state index in [2.05, 4.69) is 141 Å². The zero-order valence-electron chi connectivity index (χ0n) is 31.0. The first kappa shape index (κ1) is 33.0. The van der Waals surface area contributed by atoms with Crippen LogP contribution in [0.4, 0.5) is 0 Å². The largest absolute Gasteiger partial charge is 0.307 e. The summed E-state index contributed by atoms with van der Waals surface area (Å²) in [6.07, 6.45) is 3.52. The number of rotatable bonds is 5. The van der Waals surface area contributed by atoms with Gasteiger partial charge in [0.2, 0.25) is 0 Å². The van der Waals surface area contributed by atoms with E-state index in [0.717, 1.165) is 77.2 Å². The zero-order valence-corrected chi connectivity index (χ0v) is 31.0. The maximum Gasteiger partial charge on any atom is 0.163 e. The van der Waals surface area contributed by atoms with Crippen molar-refractivity contribution in [3.05, 3.63) is 150 Å². The number of hydrogen-bond acceptors (Lipinski definition) is 8. The maximum absolute atomic E-state index is 10.8. The second-order valence-corrected chi connectivity index (χ2v) is 13.9.